The van der Waals surface area contributed by atoms with Crippen molar-refractivity contribution in [1.29, 1.82) is 0 Å². The van der Waals surface area contributed by atoms with Crippen molar-refractivity contribution in [1.82, 2.24) is 0 Å². The number of carbonyl (C=O) groups is 2. The first-order valence-corrected chi connectivity index (χ1v) is 5.06. The molecule has 5 heteroatoms. The maximum Gasteiger partial charge on any atom is 0.378 e. The summed E-state index contributed by atoms with van der Waals surface area (Å²) >= 11 is 0. The van der Waals surface area contributed by atoms with Gasteiger partial charge in [-0.25, -0.2) is 0 Å². The average molecular weight is 212 g/mol. The summed E-state index contributed by atoms with van der Waals surface area (Å²) in [6.45, 7) is 5.81. The molecule has 0 fully saturated rings. The first-order chi connectivity index (χ1) is 6.93. The lowest BCUT2D eigenvalue weighted by Crippen LogP contribution is -2.29. The molecule has 0 aromatic carbocycles. The minimum Gasteiger partial charge on any atom is -0.543 e. The van der Waals surface area contributed by atoms with Gasteiger partial charge in [0.25, 0.3) is 5.97 Å². The van der Waals surface area contributed by atoms with Crippen LogP contribution in [0.4, 0.5) is 0 Å². The summed E-state index contributed by atoms with van der Waals surface area (Å²) < 4.78 is 4.13. The Morgan fingerprint density at radius 2 is 1.93 bits per heavy atom. The zero-order chi connectivity index (χ0) is 12.0. The van der Waals surface area contributed by atoms with Gasteiger partial charge in [-0.15, -0.1) is 0 Å². The van der Waals surface area contributed by atoms with Gasteiger partial charge in [-0.2, -0.15) is 0 Å². The second kappa shape index (κ2) is 6.48. The van der Waals surface area contributed by atoms with Gasteiger partial charge in [0.1, 0.15) is 0 Å². The molecule has 2 radical (unpaired) electrons. The Morgan fingerprint density at radius 3 is 2.27 bits per heavy atom. The van der Waals surface area contributed by atoms with Crippen LogP contribution < -0.4 is 0 Å². The Balaban J connectivity index is 4.61. The quantitative estimate of drug-likeness (QED) is 0.675. The molecule has 1 N–H and O–H groups in total. The van der Waals surface area contributed by atoms with E-state index < -0.39 is 17.9 Å². The van der Waals surface area contributed by atoms with E-state index in [0.29, 0.717) is 0 Å². The van der Waals surface area contributed by atoms with Crippen LogP contribution in [-0.4, -0.2) is 25.1 Å². The standard InChI is InChI=1S/C10H17BO4/c1-4-6(2)7(3)8(5-9(12)13)10(14)15-11/h6-8H,4-5H2,1-3H3,(H,12,13). The summed E-state index contributed by atoms with van der Waals surface area (Å²) in [7, 11) is 4.79. The van der Waals surface area contributed by atoms with E-state index in [2.05, 4.69) is 4.65 Å². The lowest BCUT2D eigenvalue weighted by atomic mass is 9.81. The third-order valence-electron chi connectivity index (χ3n) is 2.99. The Kier molecular flexibility index (Phi) is 6.05. The predicted octanol–water partition coefficient (Wildman–Crippen LogP) is 1.39. The lowest BCUT2D eigenvalue weighted by molar-refractivity contribution is -0.148. The van der Waals surface area contributed by atoms with E-state index in [1.54, 1.807) is 0 Å². The molecule has 0 rings (SSSR count). The van der Waals surface area contributed by atoms with Crippen molar-refractivity contribution in [3.05, 3.63) is 0 Å². The summed E-state index contributed by atoms with van der Waals surface area (Å²) in [6.07, 6.45) is 0.649. The number of aliphatic carboxylic acids is 1. The summed E-state index contributed by atoms with van der Waals surface area (Å²) in [5.41, 5.74) is 0. The number of carboxylic acid groups (broad SMARTS) is 1. The molecule has 4 nitrogen and oxygen atoms in total. The van der Waals surface area contributed by atoms with Crippen molar-refractivity contribution in [3.8, 4) is 0 Å². The maximum absolute atomic E-state index is 11.3. The number of hydrogen-bond donors (Lipinski definition) is 1. The minimum atomic E-state index is -1.01. The predicted molar refractivity (Wildman–Crippen MR) is 56.2 cm³/mol. The van der Waals surface area contributed by atoms with Gasteiger partial charge in [-0.1, -0.05) is 27.2 Å². The normalized spacial score (nSPS) is 16.5. The third-order valence-corrected chi connectivity index (χ3v) is 2.99. The Morgan fingerprint density at radius 1 is 1.40 bits per heavy atom. The highest BCUT2D eigenvalue weighted by atomic mass is 16.5. The van der Waals surface area contributed by atoms with Crippen molar-refractivity contribution in [2.75, 3.05) is 0 Å². The lowest BCUT2D eigenvalue weighted by Gasteiger charge is -2.25. The largest absolute Gasteiger partial charge is 0.543 e. The Hall–Kier alpha value is -0.995. The van der Waals surface area contributed by atoms with Crippen molar-refractivity contribution in [2.45, 2.75) is 33.6 Å². The second-order valence-corrected chi connectivity index (χ2v) is 3.89. The van der Waals surface area contributed by atoms with Crippen LogP contribution in [0.15, 0.2) is 0 Å². The van der Waals surface area contributed by atoms with Crippen molar-refractivity contribution < 1.29 is 19.3 Å². The smallest absolute Gasteiger partial charge is 0.378 e. The number of hydrogen-bond acceptors (Lipinski definition) is 3. The van der Waals surface area contributed by atoms with Gasteiger partial charge in [-0.05, 0) is 11.8 Å². The molecule has 84 valence electrons. The first-order valence-electron chi connectivity index (χ1n) is 5.06. The molecule has 0 saturated heterocycles. The number of rotatable bonds is 6. The molecule has 15 heavy (non-hydrogen) atoms. The monoisotopic (exact) mass is 212 g/mol. The molecule has 3 unspecified atom stereocenters. The summed E-state index contributed by atoms with van der Waals surface area (Å²) in [5.74, 6) is -2.12. The molecule has 0 saturated carbocycles. The summed E-state index contributed by atoms with van der Waals surface area (Å²) in [6, 6.07) is 0. The van der Waals surface area contributed by atoms with Crippen LogP contribution in [0.25, 0.3) is 0 Å². The molecule has 0 aromatic rings. The fourth-order valence-corrected chi connectivity index (χ4v) is 1.53. The van der Waals surface area contributed by atoms with Crippen molar-refractivity contribution in [3.63, 3.8) is 0 Å². The molecule has 0 heterocycles. The zero-order valence-electron chi connectivity index (χ0n) is 9.40. The van der Waals surface area contributed by atoms with Crippen molar-refractivity contribution >= 4 is 20.0 Å². The van der Waals surface area contributed by atoms with Crippen LogP contribution in [0.3, 0.4) is 0 Å². The minimum absolute atomic E-state index is 0.0536. The van der Waals surface area contributed by atoms with E-state index >= 15 is 0 Å². The van der Waals surface area contributed by atoms with Gasteiger partial charge in [0.15, 0.2) is 0 Å². The fraction of sp³-hybridized carbons (Fsp3) is 0.800. The van der Waals surface area contributed by atoms with Crippen molar-refractivity contribution in [2.24, 2.45) is 17.8 Å². The zero-order valence-corrected chi connectivity index (χ0v) is 9.40. The highest BCUT2D eigenvalue weighted by Gasteiger charge is 2.30. The third kappa shape index (κ3) is 4.36. The highest BCUT2D eigenvalue weighted by molar-refractivity contribution is 6.06. The summed E-state index contributed by atoms with van der Waals surface area (Å²) in [4.78, 5) is 21.9. The summed E-state index contributed by atoms with van der Waals surface area (Å²) in [5, 5.41) is 8.68. The van der Waals surface area contributed by atoms with Crippen LogP contribution in [0, 0.1) is 17.8 Å². The van der Waals surface area contributed by atoms with Gasteiger partial charge in [0, 0.05) is 0 Å². The van der Waals surface area contributed by atoms with Crippen LogP contribution in [-0.2, 0) is 14.2 Å². The van der Waals surface area contributed by atoms with E-state index in [4.69, 9.17) is 13.2 Å². The number of carboxylic acids is 1. The molecule has 0 aliphatic rings. The molecule has 0 spiro atoms. The molecular weight excluding hydrogens is 195 g/mol. The molecule has 0 bridgehead atoms. The van der Waals surface area contributed by atoms with E-state index in [0.717, 1.165) is 6.42 Å². The Bertz CT molecular complexity index is 229. The van der Waals surface area contributed by atoms with Gasteiger partial charge >= 0.3 is 14.0 Å². The Labute approximate surface area is 91.4 Å². The molecule has 0 amide bonds. The molecule has 0 aliphatic heterocycles. The van der Waals surface area contributed by atoms with E-state index in [1.807, 2.05) is 20.8 Å². The van der Waals surface area contributed by atoms with E-state index in [1.165, 1.54) is 0 Å². The molecule has 0 aromatic heterocycles. The van der Waals surface area contributed by atoms with E-state index in [-0.39, 0.29) is 18.3 Å². The molecule has 0 aliphatic carbocycles. The average Bonchev–Trinajstić information content (AvgIpc) is 2.22. The molecular formula is C10H17BO4. The van der Waals surface area contributed by atoms with Crippen LogP contribution >= 0.6 is 0 Å². The second-order valence-electron chi connectivity index (χ2n) is 3.89. The highest BCUT2D eigenvalue weighted by Crippen LogP contribution is 2.26. The SMILES string of the molecule is [B]OC(=O)C(CC(=O)O)C(C)C(C)CC. The first kappa shape index (κ1) is 14.0. The molecule has 3 atom stereocenters. The fourth-order valence-electron chi connectivity index (χ4n) is 1.53. The topological polar surface area (TPSA) is 63.6 Å². The van der Waals surface area contributed by atoms with Gasteiger partial charge in [0.2, 0.25) is 0 Å². The van der Waals surface area contributed by atoms with Gasteiger partial charge < -0.3 is 9.76 Å². The van der Waals surface area contributed by atoms with Gasteiger partial charge in [-0.3, -0.25) is 9.59 Å². The van der Waals surface area contributed by atoms with Crippen LogP contribution in [0.2, 0.25) is 0 Å². The van der Waals surface area contributed by atoms with Crippen LogP contribution in [0.1, 0.15) is 33.6 Å². The maximum atomic E-state index is 11.3. The van der Waals surface area contributed by atoms with Gasteiger partial charge in [0.05, 0.1) is 12.3 Å². The number of carbonyl (C=O) groups excluding carboxylic acids is 1. The van der Waals surface area contributed by atoms with Crippen LogP contribution in [0.5, 0.6) is 0 Å². The van der Waals surface area contributed by atoms with E-state index in [9.17, 15) is 9.59 Å².